The van der Waals surface area contributed by atoms with E-state index in [2.05, 4.69) is 16.0 Å². The van der Waals surface area contributed by atoms with Gasteiger partial charge in [-0.05, 0) is 12.8 Å². The molecule has 148 valence electrons. The predicted octanol–water partition coefficient (Wildman–Crippen LogP) is -1.98. The minimum Gasteiger partial charge on any atom is -0.481 e. The first kappa shape index (κ1) is 23.3. The number of nitrogens with two attached hydrogens (primary N) is 1. The SMILES string of the molecule is CCC(C)C(NC(=O)C(CC(=O)O)NC(=O)CN)C(=O)NC(C)C(=O)O. The summed E-state index contributed by atoms with van der Waals surface area (Å²) >= 11 is 0. The van der Waals surface area contributed by atoms with Gasteiger partial charge in [-0.15, -0.1) is 0 Å². The number of carbonyl (C=O) groups is 5. The number of nitrogens with one attached hydrogen (secondary N) is 3. The summed E-state index contributed by atoms with van der Waals surface area (Å²) in [6.45, 7) is 4.27. The second kappa shape index (κ2) is 11.0. The van der Waals surface area contributed by atoms with E-state index in [4.69, 9.17) is 15.9 Å². The van der Waals surface area contributed by atoms with Crippen molar-refractivity contribution >= 4 is 29.7 Å². The van der Waals surface area contributed by atoms with Crippen molar-refractivity contribution in [1.29, 1.82) is 0 Å². The number of hydrogen-bond donors (Lipinski definition) is 6. The summed E-state index contributed by atoms with van der Waals surface area (Å²) in [4.78, 5) is 57.8. The first-order valence-corrected chi connectivity index (χ1v) is 8.08. The zero-order valence-electron chi connectivity index (χ0n) is 14.9. The van der Waals surface area contributed by atoms with Crippen molar-refractivity contribution in [3.8, 4) is 0 Å². The molecule has 7 N–H and O–H groups in total. The smallest absolute Gasteiger partial charge is 0.325 e. The Bertz CT molecular complexity index is 552. The van der Waals surface area contributed by atoms with Gasteiger partial charge in [0, 0.05) is 0 Å². The fourth-order valence-corrected chi connectivity index (χ4v) is 1.96. The number of carboxylic acids is 2. The van der Waals surface area contributed by atoms with Gasteiger partial charge in [0.05, 0.1) is 13.0 Å². The lowest BCUT2D eigenvalue weighted by atomic mass is 9.97. The van der Waals surface area contributed by atoms with E-state index in [0.717, 1.165) is 0 Å². The average Bonchev–Trinajstić information content (AvgIpc) is 2.57. The highest BCUT2D eigenvalue weighted by Gasteiger charge is 2.31. The number of aliphatic carboxylic acids is 2. The molecule has 0 spiro atoms. The number of amides is 3. The van der Waals surface area contributed by atoms with Crippen LogP contribution in [-0.4, -0.2) is 64.5 Å². The average molecular weight is 374 g/mol. The lowest BCUT2D eigenvalue weighted by Gasteiger charge is -2.26. The summed E-state index contributed by atoms with van der Waals surface area (Å²) in [5.74, 6) is -5.26. The summed E-state index contributed by atoms with van der Waals surface area (Å²) in [6, 6.07) is -3.68. The number of carbonyl (C=O) groups excluding carboxylic acids is 3. The maximum Gasteiger partial charge on any atom is 0.325 e. The minimum absolute atomic E-state index is 0.365. The summed E-state index contributed by atoms with van der Waals surface area (Å²) in [5, 5.41) is 24.6. The van der Waals surface area contributed by atoms with E-state index in [1.165, 1.54) is 6.92 Å². The lowest BCUT2D eigenvalue weighted by molar-refractivity contribution is -0.143. The van der Waals surface area contributed by atoms with E-state index in [1.54, 1.807) is 13.8 Å². The van der Waals surface area contributed by atoms with Crippen molar-refractivity contribution in [2.45, 2.75) is 51.7 Å². The van der Waals surface area contributed by atoms with Crippen LogP contribution in [0.5, 0.6) is 0 Å². The van der Waals surface area contributed by atoms with E-state index in [-0.39, 0.29) is 5.92 Å². The standard InChI is InChI=1S/C15H26N4O7/c1-4-7(2)12(14(24)17-8(3)15(25)26)19-13(23)9(5-11(21)22)18-10(20)6-16/h7-9,12H,4-6,16H2,1-3H3,(H,17,24)(H,18,20)(H,19,23)(H,21,22)(H,25,26). The van der Waals surface area contributed by atoms with Crippen LogP contribution in [-0.2, 0) is 24.0 Å². The number of rotatable bonds is 11. The maximum absolute atomic E-state index is 12.4. The summed E-state index contributed by atoms with van der Waals surface area (Å²) in [6.07, 6.45) is -0.212. The molecule has 4 atom stereocenters. The Balaban J connectivity index is 5.28. The van der Waals surface area contributed by atoms with Crippen molar-refractivity contribution in [2.24, 2.45) is 11.7 Å². The maximum atomic E-state index is 12.4. The summed E-state index contributed by atoms with van der Waals surface area (Å²) in [7, 11) is 0. The van der Waals surface area contributed by atoms with E-state index >= 15 is 0 Å². The molecule has 0 radical (unpaired) electrons. The zero-order valence-corrected chi connectivity index (χ0v) is 14.9. The van der Waals surface area contributed by atoms with Crippen molar-refractivity contribution in [3.63, 3.8) is 0 Å². The monoisotopic (exact) mass is 374 g/mol. The third-order valence-electron chi connectivity index (χ3n) is 3.74. The Morgan fingerprint density at radius 1 is 0.962 bits per heavy atom. The van der Waals surface area contributed by atoms with Gasteiger partial charge in [0.2, 0.25) is 17.7 Å². The minimum atomic E-state index is -1.42. The van der Waals surface area contributed by atoms with Crippen LogP contribution in [0.1, 0.15) is 33.6 Å². The van der Waals surface area contributed by atoms with Crippen molar-refractivity contribution in [3.05, 3.63) is 0 Å². The Labute approximate surface area is 150 Å². The van der Waals surface area contributed by atoms with Gasteiger partial charge < -0.3 is 31.9 Å². The second-order valence-electron chi connectivity index (χ2n) is 5.86. The van der Waals surface area contributed by atoms with Crippen molar-refractivity contribution < 1.29 is 34.2 Å². The molecule has 11 heteroatoms. The van der Waals surface area contributed by atoms with Gasteiger partial charge in [0.15, 0.2) is 0 Å². The molecule has 0 aromatic rings. The van der Waals surface area contributed by atoms with E-state index < -0.39 is 60.8 Å². The van der Waals surface area contributed by atoms with Gasteiger partial charge in [0.25, 0.3) is 0 Å². The molecule has 3 amide bonds. The Hall–Kier alpha value is -2.69. The number of carboxylic acid groups (broad SMARTS) is 2. The summed E-state index contributed by atoms with van der Waals surface area (Å²) < 4.78 is 0. The normalized spacial score (nSPS) is 15.1. The molecule has 0 aliphatic heterocycles. The molecule has 0 aliphatic carbocycles. The van der Waals surface area contributed by atoms with Crippen LogP contribution in [0, 0.1) is 5.92 Å². The highest BCUT2D eigenvalue weighted by molar-refractivity contribution is 5.95. The molecule has 0 saturated heterocycles. The third-order valence-corrected chi connectivity index (χ3v) is 3.74. The second-order valence-corrected chi connectivity index (χ2v) is 5.86. The van der Waals surface area contributed by atoms with Crippen LogP contribution < -0.4 is 21.7 Å². The molecule has 11 nitrogen and oxygen atoms in total. The predicted molar refractivity (Wildman–Crippen MR) is 89.9 cm³/mol. The Kier molecular flexibility index (Phi) is 9.89. The van der Waals surface area contributed by atoms with Gasteiger partial charge in [0.1, 0.15) is 18.1 Å². The van der Waals surface area contributed by atoms with E-state index in [0.29, 0.717) is 6.42 Å². The molecule has 0 heterocycles. The molecule has 4 unspecified atom stereocenters. The zero-order chi connectivity index (χ0) is 20.4. The van der Waals surface area contributed by atoms with Gasteiger partial charge in [-0.2, -0.15) is 0 Å². The van der Waals surface area contributed by atoms with Crippen LogP contribution in [0.3, 0.4) is 0 Å². The largest absolute Gasteiger partial charge is 0.481 e. The molecule has 0 aromatic carbocycles. The van der Waals surface area contributed by atoms with Crippen molar-refractivity contribution in [2.75, 3.05) is 6.54 Å². The van der Waals surface area contributed by atoms with Gasteiger partial charge in [-0.3, -0.25) is 24.0 Å². The highest BCUT2D eigenvalue weighted by atomic mass is 16.4. The first-order chi connectivity index (χ1) is 12.0. The molecule has 0 saturated carbocycles. The Morgan fingerprint density at radius 2 is 1.54 bits per heavy atom. The fraction of sp³-hybridized carbons (Fsp3) is 0.667. The van der Waals surface area contributed by atoms with E-state index in [9.17, 15) is 24.0 Å². The molecule has 0 bridgehead atoms. The highest BCUT2D eigenvalue weighted by Crippen LogP contribution is 2.09. The topological polar surface area (TPSA) is 188 Å². The molecular weight excluding hydrogens is 348 g/mol. The van der Waals surface area contributed by atoms with Gasteiger partial charge in [-0.25, -0.2) is 0 Å². The van der Waals surface area contributed by atoms with Crippen LogP contribution in [0.2, 0.25) is 0 Å². The van der Waals surface area contributed by atoms with Crippen LogP contribution >= 0.6 is 0 Å². The lowest BCUT2D eigenvalue weighted by Crippen LogP contribution is -2.58. The molecule has 26 heavy (non-hydrogen) atoms. The number of hydrogen-bond acceptors (Lipinski definition) is 6. The Morgan fingerprint density at radius 3 is 1.96 bits per heavy atom. The molecule has 0 aliphatic rings. The van der Waals surface area contributed by atoms with Crippen LogP contribution in [0.25, 0.3) is 0 Å². The molecule has 0 rings (SSSR count). The van der Waals surface area contributed by atoms with E-state index in [1.807, 2.05) is 0 Å². The first-order valence-electron chi connectivity index (χ1n) is 8.08. The summed E-state index contributed by atoms with van der Waals surface area (Å²) in [5.41, 5.74) is 5.14. The molecular formula is C15H26N4O7. The quantitative estimate of drug-likeness (QED) is 0.240. The molecule has 0 aromatic heterocycles. The van der Waals surface area contributed by atoms with Crippen LogP contribution in [0.15, 0.2) is 0 Å². The van der Waals surface area contributed by atoms with Gasteiger partial charge in [-0.1, -0.05) is 20.3 Å². The fourth-order valence-electron chi connectivity index (χ4n) is 1.96. The van der Waals surface area contributed by atoms with Crippen molar-refractivity contribution in [1.82, 2.24) is 16.0 Å². The van der Waals surface area contributed by atoms with Gasteiger partial charge >= 0.3 is 11.9 Å². The molecule has 0 fully saturated rings. The van der Waals surface area contributed by atoms with Crippen LogP contribution in [0.4, 0.5) is 0 Å². The third kappa shape index (κ3) is 7.92.